The van der Waals surface area contributed by atoms with E-state index in [0.717, 1.165) is 45.7 Å². The minimum absolute atomic E-state index is 0.0449. The summed E-state index contributed by atoms with van der Waals surface area (Å²) in [5.41, 5.74) is 0.0449. The second kappa shape index (κ2) is 5.57. The number of nitrogens with one attached hydrogen (secondary N) is 1. The molecule has 18 heavy (non-hydrogen) atoms. The number of amides is 1. The molecular formula is C14H26N2O2. The molecule has 0 saturated carbocycles. The van der Waals surface area contributed by atoms with Crippen molar-refractivity contribution in [3.05, 3.63) is 0 Å². The lowest BCUT2D eigenvalue weighted by atomic mass is 9.86. The summed E-state index contributed by atoms with van der Waals surface area (Å²) in [4.78, 5) is 14.6. The van der Waals surface area contributed by atoms with Crippen molar-refractivity contribution in [3.63, 3.8) is 0 Å². The van der Waals surface area contributed by atoms with Gasteiger partial charge >= 0.3 is 0 Å². The zero-order chi connectivity index (χ0) is 13.2. The molecule has 104 valence electrons. The quantitative estimate of drug-likeness (QED) is 0.806. The minimum atomic E-state index is 0.0449. The van der Waals surface area contributed by atoms with Gasteiger partial charge in [-0.2, -0.15) is 0 Å². The average molecular weight is 254 g/mol. The summed E-state index contributed by atoms with van der Waals surface area (Å²) in [5, 5.41) is 3.45. The first-order valence-electron chi connectivity index (χ1n) is 7.11. The van der Waals surface area contributed by atoms with Crippen molar-refractivity contribution in [2.45, 2.75) is 39.2 Å². The Bertz CT molecular complexity index is 298. The maximum absolute atomic E-state index is 12.5. The molecular weight excluding hydrogens is 228 g/mol. The number of rotatable bonds is 2. The van der Waals surface area contributed by atoms with Crippen molar-refractivity contribution >= 4 is 5.91 Å². The molecule has 0 aromatic rings. The summed E-state index contributed by atoms with van der Waals surface area (Å²) >= 11 is 0. The number of piperazine rings is 1. The fraction of sp³-hybridized carbons (Fsp3) is 0.929. The Morgan fingerprint density at radius 2 is 2.06 bits per heavy atom. The van der Waals surface area contributed by atoms with Crippen LogP contribution in [0.5, 0.6) is 0 Å². The Kier molecular flexibility index (Phi) is 4.28. The summed E-state index contributed by atoms with van der Waals surface area (Å²) in [5.74, 6) is 0.975. The van der Waals surface area contributed by atoms with Gasteiger partial charge in [-0.15, -0.1) is 0 Å². The summed E-state index contributed by atoms with van der Waals surface area (Å²) in [7, 11) is 0. The van der Waals surface area contributed by atoms with Gasteiger partial charge < -0.3 is 15.0 Å². The van der Waals surface area contributed by atoms with E-state index in [1.165, 1.54) is 0 Å². The zero-order valence-electron chi connectivity index (χ0n) is 11.9. The maximum Gasteiger partial charge on any atom is 0.225 e. The van der Waals surface area contributed by atoms with Gasteiger partial charge in [-0.05, 0) is 32.6 Å². The smallest absolute Gasteiger partial charge is 0.225 e. The normalized spacial score (nSPS) is 26.9. The predicted octanol–water partition coefficient (Wildman–Crippen LogP) is 1.26. The largest absolute Gasteiger partial charge is 0.381 e. The SMILES string of the molecule is CC(C(=O)N1CCNC(C)(C)C1)C1CCOCC1. The zero-order valence-corrected chi connectivity index (χ0v) is 11.9. The molecule has 2 aliphatic rings. The van der Waals surface area contributed by atoms with Crippen LogP contribution in [0.2, 0.25) is 0 Å². The molecule has 0 aliphatic carbocycles. The molecule has 2 heterocycles. The lowest BCUT2D eigenvalue weighted by Crippen LogP contribution is -2.59. The predicted molar refractivity (Wildman–Crippen MR) is 71.4 cm³/mol. The number of nitrogens with zero attached hydrogens (tertiary/aromatic N) is 1. The Balaban J connectivity index is 1.93. The van der Waals surface area contributed by atoms with Gasteiger partial charge in [0.2, 0.25) is 5.91 Å². The fourth-order valence-corrected chi connectivity index (χ4v) is 3.03. The Hall–Kier alpha value is -0.610. The van der Waals surface area contributed by atoms with Crippen LogP contribution in [-0.4, -0.2) is 49.2 Å². The van der Waals surface area contributed by atoms with E-state index >= 15 is 0 Å². The molecule has 4 nitrogen and oxygen atoms in total. The lowest BCUT2D eigenvalue weighted by molar-refractivity contribution is -0.140. The van der Waals surface area contributed by atoms with E-state index in [-0.39, 0.29) is 11.5 Å². The van der Waals surface area contributed by atoms with Gasteiger partial charge in [0.25, 0.3) is 0 Å². The van der Waals surface area contributed by atoms with Crippen molar-refractivity contribution in [3.8, 4) is 0 Å². The van der Waals surface area contributed by atoms with Crippen LogP contribution in [0.4, 0.5) is 0 Å². The fourth-order valence-electron chi connectivity index (χ4n) is 3.03. The highest BCUT2D eigenvalue weighted by molar-refractivity contribution is 5.79. The first kappa shape index (κ1) is 13.8. The van der Waals surface area contributed by atoms with Crippen molar-refractivity contribution in [2.24, 2.45) is 11.8 Å². The third-order valence-corrected chi connectivity index (χ3v) is 4.25. The van der Waals surface area contributed by atoms with Gasteiger partial charge in [0, 0.05) is 44.3 Å². The molecule has 1 amide bonds. The average Bonchev–Trinajstić information content (AvgIpc) is 2.37. The van der Waals surface area contributed by atoms with E-state index in [1.807, 2.05) is 4.90 Å². The van der Waals surface area contributed by atoms with E-state index in [9.17, 15) is 4.79 Å². The highest BCUT2D eigenvalue weighted by Gasteiger charge is 2.33. The summed E-state index contributed by atoms with van der Waals surface area (Å²) < 4.78 is 5.37. The van der Waals surface area contributed by atoms with Crippen LogP contribution in [0.15, 0.2) is 0 Å². The Morgan fingerprint density at radius 3 is 2.67 bits per heavy atom. The monoisotopic (exact) mass is 254 g/mol. The molecule has 0 radical (unpaired) electrons. The van der Waals surface area contributed by atoms with E-state index in [2.05, 4.69) is 26.1 Å². The van der Waals surface area contributed by atoms with E-state index in [0.29, 0.717) is 11.8 Å². The van der Waals surface area contributed by atoms with Gasteiger partial charge in [0.05, 0.1) is 0 Å². The summed E-state index contributed by atoms with van der Waals surface area (Å²) in [6.45, 7) is 10.6. The standard InChI is InChI=1S/C14H26N2O2/c1-11(12-4-8-18-9-5-12)13(17)16-7-6-15-14(2,3)10-16/h11-12,15H,4-10H2,1-3H3. The van der Waals surface area contributed by atoms with Crippen molar-refractivity contribution < 1.29 is 9.53 Å². The van der Waals surface area contributed by atoms with Crippen LogP contribution in [0.3, 0.4) is 0 Å². The van der Waals surface area contributed by atoms with E-state index < -0.39 is 0 Å². The molecule has 1 unspecified atom stereocenters. The summed E-state index contributed by atoms with van der Waals surface area (Å²) in [6, 6.07) is 0. The van der Waals surface area contributed by atoms with Gasteiger partial charge in [-0.25, -0.2) is 0 Å². The highest BCUT2D eigenvalue weighted by atomic mass is 16.5. The minimum Gasteiger partial charge on any atom is -0.381 e. The second-order valence-electron chi connectivity index (χ2n) is 6.31. The molecule has 0 spiro atoms. The molecule has 4 heteroatoms. The number of hydrogen-bond acceptors (Lipinski definition) is 3. The van der Waals surface area contributed by atoms with E-state index in [4.69, 9.17) is 4.74 Å². The Labute approximate surface area is 110 Å². The maximum atomic E-state index is 12.5. The number of ether oxygens (including phenoxy) is 1. The summed E-state index contributed by atoms with van der Waals surface area (Å²) in [6.07, 6.45) is 2.06. The second-order valence-corrected chi connectivity index (χ2v) is 6.31. The third-order valence-electron chi connectivity index (χ3n) is 4.25. The van der Waals surface area contributed by atoms with Crippen LogP contribution < -0.4 is 5.32 Å². The topological polar surface area (TPSA) is 41.6 Å². The first-order valence-corrected chi connectivity index (χ1v) is 7.11. The van der Waals surface area contributed by atoms with Gasteiger partial charge in [-0.1, -0.05) is 6.92 Å². The van der Waals surface area contributed by atoms with Crippen LogP contribution >= 0.6 is 0 Å². The lowest BCUT2D eigenvalue weighted by Gasteiger charge is -2.41. The van der Waals surface area contributed by atoms with Gasteiger partial charge in [-0.3, -0.25) is 4.79 Å². The molecule has 0 bridgehead atoms. The molecule has 2 saturated heterocycles. The first-order chi connectivity index (χ1) is 8.49. The van der Waals surface area contributed by atoms with Crippen molar-refractivity contribution in [2.75, 3.05) is 32.8 Å². The van der Waals surface area contributed by atoms with Gasteiger partial charge in [0.1, 0.15) is 0 Å². The van der Waals surface area contributed by atoms with Crippen LogP contribution in [-0.2, 0) is 9.53 Å². The van der Waals surface area contributed by atoms with Crippen LogP contribution in [0.1, 0.15) is 33.6 Å². The van der Waals surface area contributed by atoms with Gasteiger partial charge in [0.15, 0.2) is 0 Å². The number of carbonyl (C=O) groups excluding carboxylic acids is 1. The third kappa shape index (κ3) is 3.23. The van der Waals surface area contributed by atoms with E-state index in [1.54, 1.807) is 0 Å². The Morgan fingerprint density at radius 1 is 1.39 bits per heavy atom. The molecule has 2 aliphatic heterocycles. The molecule has 0 aromatic heterocycles. The van der Waals surface area contributed by atoms with Crippen molar-refractivity contribution in [1.82, 2.24) is 10.2 Å². The highest BCUT2D eigenvalue weighted by Crippen LogP contribution is 2.26. The number of hydrogen-bond donors (Lipinski definition) is 1. The molecule has 1 N–H and O–H groups in total. The van der Waals surface area contributed by atoms with Crippen molar-refractivity contribution in [1.29, 1.82) is 0 Å². The molecule has 2 rings (SSSR count). The van der Waals surface area contributed by atoms with Crippen LogP contribution in [0, 0.1) is 11.8 Å². The molecule has 2 fully saturated rings. The molecule has 1 atom stereocenters. The van der Waals surface area contributed by atoms with Crippen LogP contribution in [0.25, 0.3) is 0 Å². The number of carbonyl (C=O) groups is 1. The molecule has 0 aromatic carbocycles.